The Morgan fingerprint density at radius 3 is 2.61 bits per heavy atom. The van der Waals surface area contributed by atoms with Crippen molar-refractivity contribution in [2.75, 3.05) is 0 Å². The van der Waals surface area contributed by atoms with Gasteiger partial charge in [-0.05, 0) is 36.8 Å². The molecule has 1 N–H and O–H groups in total. The van der Waals surface area contributed by atoms with Crippen LogP contribution >= 0.6 is 0 Å². The highest BCUT2D eigenvalue weighted by atomic mass is 16.3. The van der Waals surface area contributed by atoms with E-state index in [0.717, 1.165) is 32.1 Å². The molecule has 1 fully saturated rings. The molecule has 18 heavy (non-hydrogen) atoms. The quantitative estimate of drug-likeness (QED) is 0.833. The van der Waals surface area contributed by atoms with Crippen LogP contribution in [0.1, 0.15) is 56.6 Å². The lowest BCUT2D eigenvalue weighted by molar-refractivity contribution is 0.0521. The van der Waals surface area contributed by atoms with Crippen LogP contribution in [0.3, 0.4) is 0 Å². The maximum Gasteiger partial charge on any atom is 0.0830 e. The van der Waals surface area contributed by atoms with Gasteiger partial charge in [0.15, 0.2) is 0 Å². The molecule has 1 nitrogen and oxygen atoms in total. The van der Waals surface area contributed by atoms with Gasteiger partial charge in [-0.3, -0.25) is 0 Å². The summed E-state index contributed by atoms with van der Waals surface area (Å²) in [6.45, 7) is 2.15. The predicted octanol–water partition coefficient (Wildman–Crippen LogP) is 4.36. The summed E-state index contributed by atoms with van der Waals surface area (Å²) in [6.07, 6.45) is 12.7. The normalized spacial score (nSPS) is 19.2. The van der Waals surface area contributed by atoms with Crippen molar-refractivity contribution in [2.24, 2.45) is 0 Å². The lowest BCUT2D eigenvalue weighted by atomic mass is 9.84. The van der Waals surface area contributed by atoms with Crippen LogP contribution in [0, 0.1) is 6.42 Å². The molecule has 1 aliphatic carbocycles. The van der Waals surface area contributed by atoms with Crippen molar-refractivity contribution < 1.29 is 5.11 Å². The Morgan fingerprint density at radius 1 is 1.17 bits per heavy atom. The molecular formula is C17H23O. The summed E-state index contributed by atoms with van der Waals surface area (Å²) < 4.78 is 0. The minimum absolute atomic E-state index is 0.567. The third kappa shape index (κ3) is 3.71. The smallest absolute Gasteiger partial charge is 0.0830 e. The monoisotopic (exact) mass is 243 g/mol. The van der Waals surface area contributed by atoms with E-state index >= 15 is 0 Å². The van der Waals surface area contributed by atoms with Crippen LogP contribution in [0.25, 0.3) is 6.08 Å². The summed E-state index contributed by atoms with van der Waals surface area (Å²) in [5, 5.41) is 10.4. The van der Waals surface area contributed by atoms with Gasteiger partial charge >= 0.3 is 0 Å². The Bertz CT molecular complexity index is 400. The first-order chi connectivity index (χ1) is 8.72. The van der Waals surface area contributed by atoms with Gasteiger partial charge in [-0.1, -0.05) is 62.6 Å². The molecule has 0 amide bonds. The Kier molecular flexibility index (Phi) is 4.60. The van der Waals surface area contributed by atoms with Crippen molar-refractivity contribution >= 4 is 6.08 Å². The van der Waals surface area contributed by atoms with Gasteiger partial charge in [0.25, 0.3) is 0 Å². The molecule has 0 heterocycles. The molecular weight excluding hydrogens is 220 g/mol. The van der Waals surface area contributed by atoms with Gasteiger partial charge < -0.3 is 5.11 Å². The van der Waals surface area contributed by atoms with Gasteiger partial charge in [0.1, 0.15) is 0 Å². The molecule has 0 bridgehead atoms. The van der Waals surface area contributed by atoms with Crippen molar-refractivity contribution in [3.05, 3.63) is 47.9 Å². The average molecular weight is 243 g/mol. The molecule has 1 saturated carbocycles. The summed E-state index contributed by atoms with van der Waals surface area (Å²) in [7, 11) is 0. The minimum atomic E-state index is -0.567. The number of benzene rings is 1. The molecule has 0 saturated heterocycles. The van der Waals surface area contributed by atoms with Crippen LogP contribution in [-0.4, -0.2) is 10.7 Å². The maximum atomic E-state index is 10.4. The van der Waals surface area contributed by atoms with Gasteiger partial charge in [-0.15, -0.1) is 0 Å². The van der Waals surface area contributed by atoms with E-state index in [-0.39, 0.29) is 0 Å². The summed E-state index contributed by atoms with van der Waals surface area (Å²) in [5.74, 6) is 0. The molecule has 0 aromatic heterocycles. The number of hydrogen-bond donors (Lipinski definition) is 1. The highest BCUT2D eigenvalue weighted by Gasteiger charge is 2.25. The Hall–Kier alpha value is -1.08. The van der Waals surface area contributed by atoms with E-state index in [1.165, 1.54) is 17.5 Å². The fourth-order valence-electron chi connectivity index (χ4n) is 2.61. The van der Waals surface area contributed by atoms with Crippen molar-refractivity contribution in [3.63, 3.8) is 0 Å². The number of rotatable bonds is 4. The zero-order valence-corrected chi connectivity index (χ0v) is 11.2. The SMILES string of the molecule is CC[CH]c1cccc(C=CC2(O)CCCCC2)c1. The molecule has 0 spiro atoms. The van der Waals surface area contributed by atoms with E-state index in [4.69, 9.17) is 0 Å². The highest BCUT2D eigenvalue weighted by molar-refractivity contribution is 5.52. The first-order valence-corrected chi connectivity index (χ1v) is 7.07. The second kappa shape index (κ2) is 6.19. The molecule has 0 atom stereocenters. The molecule has 1 aromatic carbocycles. The lowest BCUT2D eigenvalue weighted by Crippen LogP contribution is -2.28. The Balaban J connectivity index is 2.05. The molecule has 1 aliphatic rings. The van der Waals surface area contributed by atoms with E-state index in [2.05, 4.69) is 43.7 Å². The van der Waals surface area contributed by atoms with Gasteiger partial charge in [0, 0.05) is 0 Å². The molecule has 1 aromatic rings. The number of aliphatic hydroxyl groups is 1. The minimum Gasteiger partial charge on any atom is -0.386 e. The summed E-state index contributed by atoms with van der Waals surface area (Å²) in [4.78, 5) is 0. The van der Waals surface area contributed by atoms with Crippen LogP contribution in [0.5, 0.6) is 0 Å². The fourth-order valence-corrected chi connectivity index (χ4v) is 2.61. The third-order valence-electron chi connectivity index (χ3n) is 3.66. The molecule has 0 aliphatic heterocycles. The first kappa shape index (κ1) is 13.4. The van der Waals surface area contributed by atoms with E-state index < -0.39 is 5.60 Å². The summed E-state index contributed by atoms with van der Waals surface area (Å²) in [5.41, 5.74) is 1.87. The fraction of sp³-hybridized carbons (Fsp3) is 0.471. The molecule has 2 rings (SSSR count). The third-order valence-corrected chi connectivity index (χ3v) is 3.66. The van der Waals surface area contributed by atoms with E-state index in [0.29, 0.717) is 0 Å². The topological polar surface area (TPSA) is 20.2 Å². The largest absolute Gasteiger partial charge is 0.386 e. The van der Waals surface area contributed by atoms with Crippen molar-refractivity contribution in [1.82, 2.24) is 0 Å². The molecule has 0 unspecified atom stereocenters. The van der Waals surface area contributed by atoms with Gasteiger partial charge in [-0.2, -0.15) is 0 Å². The van der Waals surface area contributed by atoms with Crippen LogP contribution in [0.15, 0.2) is 30.3 Å². The van der Waals surface area contributed by atoms with E-state index in [9.17, 15) is 5.11 Å². The van der Waals surface area contributed by atoms with Crippen LogP contribution in [-0.2, 0) is 0 Å². The van der Waals surface area contributed by atoms with Crippen LogP contribution in [0.4, 0.5) is 0 Å². The first-order valence-electron chi connectivity index (χ1n) is 7.07. The second-order valence-electron chi connectivity index (χ2n) is 5.28. The van der Waals surface area contributed by atoms with Gasteiger partial charge in [-0.25, -0.2) is 0 Å². The zero-order valence-electron chi connectivity index (χ0n) is 11.2. The van der Waals surface area contributed by atoms with Crippen molar-refractivity contribution in [2.45, 2.75) is 51.0 Å². The number of hydrogen-bond acceptors (Lipinski definition) is 1. The maximum absolute atomic E-state index is 10.4. The van der Waals surface area contributed by atoms with E-state index in [1.807, 2.05) is 6.08 Å². The van der Waals surface area contributed by atoms with Crippen LogP contribution < -0.4 is 0 Å². The van der Waals surface area contributed by atoms with Gasteiger partial charge in [0.05, 0.1) is 5.60 Å². The standard InChI is InChI=1S/C17H23O/c1-2-7-15-8-6-9-16(14-15)10-13-17(18)11-4-3-5-12-17/h6-10,13-14,18H,2-5,11-12H2,1H3. The highest BCUT2D eigenvalue weighted by Crippen LogP contribution is 2.29. The van der Waals surface area contributed by atoms with E-state index in [1.54, 1.807) is 0 Å². The lowest BCUT2D eigenvalue weighted by Gasteiger charge is -2.28. The summed E-state index contributed by atoms with van der Waals surface area (Å²) >= 11 is 0. The van der Waals surface area contributed by atoms with Crippen molar-refractivity contribution in [1.29, 1.82) is 0 Å². The van der Waals surface area contributed by atoms with Gasteiger partial charge in [0.2, 0.25) is 0 Å². The predicted molar refractivity (Wildman–Crippen MR) is 77.2 cm³/mol. The van der Waals surface area contributed by atoms with Crippen LogP contribution in [0.2, 0.25) is 0 Å². The Morgan fingerprint density at radius 2 is 1.89 bits per heavy atom. The zero-order chi connectivity index (χ0) is 12.8. The molecule has 1 heteroatoms. The van der Waals surface area contributed by atoms with Crippen molar-refractivity contribution in [3.8, 4) is 0 Å². The molecule has 1 radical (unpaired) electrons. The Labute approximate surface area is 111 Å². The summed E-state index contributed by atoms with van der Waals surface area (Å²) in [6, 6.07) is 8.46. The average Bonchev–Trinajstić information content (AvgIpc) is 2.38. The molecule has 97 valence electrons. The second-order valence-corrected chi connectivity index (χ2v) is 5.28.